The number of hydrogen-bond acceptors (Lipinski definition) is 6. The second kappa shape index (κ2) is 11.1. The Hall–Kier alpha value is -0.750. The summed E-state index contributed by atoms with van der Waals surface area (Å²) in [7, 11) is -3.15. The van der Waals surface area contributed by atoms with Gasteiger partial charge < -0.3 is 18.5 Å². The highest BCUT2D eigenvalue weighted by Crippen LogP contribution is 2.49. The fourth-order valence-electron chi connectivity index (χ4n) is 2.81. The molecule has 1 fully saturated rings. The van der Waals surface area contributed by atoms with Gasteiger partial charge in [0.1, 0.15) is 0 Å². The number of rotatable bonds is 11. The van der Waals surface area contributed by atoms with Gasteiger partial charge in [-0.1, -0.05) is 30.3 Å². The highest BCUT2D eigenvalue weighted by Gasteiger charge is 2.30. The summed E-state index contributed by atoms with van der Waals surface area (Å²) in [6.45, 7) is 8.72. The van der Waals surface area contributed by atoms with Crippen LogP contribution in [0.4, 0.5) is 0 Å². The van der Waals surface area contributed by atoms with E-state index in [1.165, 1.54) is 0 Å². The lowest BCUT2D eigenvalue weighted by Gasteiger charge is -2.31. The van der Waals surface area contributed by atoms with Crippen LogP contribution in [0.2, 0.25) is 0 Å². The van der Waals surface area contributed by atoms with Gasteiger partial charge in [0.15, 0.2) is 0 Å². The Morgan fingerprint density at radius 1 is 1.12 bits per heavy atom. The number of morpholine rings is 1. The van der Waals surface area contributed by atoms with E-state index in [9.17, 15) is 4.57 Å². The molecule has 7 heteroatoms. The summed E-state index contributed by atoms with van der Waals surface area (Å²) < 4.78 is 35.3. The summed E-state index contributed by atoms with van der Waals surface area (Å²) >= 11 is 0. The van der Waals surface area contributed by atoms with Gasteiger partial charge in [-0.3, -0.25) is 9.46 Å². The highest BCUT2D eigenvalue weighted by molar-refractivity contribution is 7.53. The van der Waals surface area contributed by atoms with Crippen molar-refractivity contribution in [1.82, 2.24) is 4.90 Å². The molecule has 1 aromatic rings. The molecule has 0 bridgehead atoms. The zero-order valence-electron chi connectivity index (χ0n) is 15.3. The van der Waals surface area contributed by atoms with Gasteiger partial charge in [-0.15, -0.1) is 0 Å². The van der Waals surface area contributed by atoms with Crippen molar-refractivity contribution >= 4 is 7.60 Å². The minimum absolute atomic E-state index is 0.220. The molecule has 0 spiro atoms. The van der Waals surface area contributed by atoms with Gasteiger partial charge in [0.05, 0.1) is 45.3 Å². The number of ether oxygens (including phenoxy) is 2. The zero-order chi connectivity index (χ0) is 18.0. The van der Waals surface area contributed by atoms with Gasteiger partial charge >= 0.3 is 7.60 Å². The summed E-state index contributed by atoms with van der Waals surface area (Å²) in [5.74, 6) is 0. The first-order chi connectivity index (χ1) is 12.1. The Kier molecular flexibility index (Phi) is 9.10. The molecule has 0 radical (unpaired) electrons. The van der Waals surface area contributed by atoms with Crippen LogP contribution in [-0.4, -0.2) is 63.2 Å². The lowest BCUT2D eigenvalue weighted by molar-refractivity contribution is -0.0118. The van der Waals surface area contributed by atoms with Crippen LogP contribution in [0.15, 0.2) is 30.3 Å². The largest absolute Gasteiger partial charge is 0.379 e. The van der Waals surface area contributed by atoms with Gasteiger partial charge in [0.2, 0.25) is 0 Å². The first kappa shape index (κ1) is 20.6. The molecule has 1 saturated heterocycles. The summed E-state index contributed by atoms with van der Waals surface area (Å²) in [5.41, 5.74) is 1.09. The third kappa shape index (κ3) is 7.57. The number of benzene rings is 1. The van der Waals surface area contributed by atoms with E-state index in [0.29, 0.717) is 26.4 Å². The predicted molar refractivity (Wildman–Crippen MR) is 98.0 cm³/mol. The van der Waals surface area contributed by atoms with E-state index in [1.54, 1.807) is 0 Å². The van der Waals surface area contributed by atoms with E-state index in [0.717, 1.165) is 31.9 Å². The normalized spacial score (nSPS) is 17.5. The van der Waals surface area contributed by atoms with Gasteiger partial charge in [-0.2, -0.15) is 0 Å². The van der Waals surface area contributed by atoms with Crippen LogP contribution in [0, 0.1) is 0 Å². The fourth-order valence-corrected chi connectivity index (χ4v) is 4.60. The van der Waals surface area contributed by atoms with Gasteiger partial charge in [-0.25, -0.2) is 0 Å². The van der Waals surface area contributed by atoms with Crippen LogP contribution < -0.4 is 0 Å². The minimum Gasteiger partial charge on any atom is -0.379 e. The average Bonchev–Trinajstić information content (AvgIpc) is 2.62. The third-order valence-corrected chi connectivity index (χ3v) is 6.13. The van der Waals surface area contributed by atoms with Crippen molar-refractivity contribution in [3.8, 4) is 0 Å². The Morgan fingerprint density at radius 3 is 2.36 bits per heavy atom. The second-order valence-corrected chi connectivity index (χ2v) is 8.06. The molecule has 1 atom stereocenters. The minimum atomic E-state index is -3.15. The summed E-state index contributed by atoms with van der Waals surface area (Å²) in [6.07, 6.45) is 0.0426. The standard InChI is InChI=1S/C18H30NO5P/c1-3-23-25(20,24-4-2)16-18(14-19-10-12-21-13-11-19)22-15-17-8-6-5-7-9-17/h5-9,18H,3-4,10-16H2,1-2H3. The Bertz CT molecular complexity index is 511. The lowest BCUT2D eigenvalue weighted by atomic mass is 10.2. The van der Waals surface area contributed by atoms with Crippen molar-refractivity contribution in [2.24, 2.45) is 0 Å². The molecule has 0 saturated carbocycles. The molecular weight excluding hydrogens is 341 g/mol. The molecule has 1 aliphatic rings. The number of hydrogen-bond donors (Lipinski definition) is 0. The molecule has 6 nitrogen and oxygen atoms in total. The van der Waals surface area contributed by atoms with Gasteiger partial charge in [0.25, 0.3) is 0 Å². The first-order valence-electron chi connectivity index (χ1n) is 8.99. The summed E-state index contributed by atoms with van der Waals surface area (Å²) in [5, 5.41) is 0. The molecular formula is C18H30NO5P. The molecule has 25 heavy (non-hydrogen) atoms. The van der Waals surface area contributed by atoms with Crippen molar-refractivity contribution in [2.45, 2.75) is 26.6 Å². The van der Waals surface area contributed by atoms with Crippen LogP contribution >= 0.6 is 7.60 Å². The number of nitrogens with zero attached hydrogens (tertiary/aromatic N) is 1. The maximum Gasteiger partial charge on any atom is 0.333 e. The van der Waals surface area contributed by atoms with Gasteiger partial charge in [0, 0.05) is 19.6 Å². The Balaban J connectivity index is 2.00. The van der Waals surface area contributed by atoms with E-state index >= 15 is 0 Å². The Labute approximate surface area is 150 Å². The molecule has 1 aliphatic heterocycles. The molecule has 0 amide bonds. The predicted octanol–water partition coefficient (Wildman–Crippen LogP) is 3.17. The van der Waals surface area contributed by atoms with Crippen molar-refractivity contribution in [1.29, 1.82) is 0 Å². The molecule has 1 aromatic carbocycles. The highest BCUT2D eigenvalue weighted by atomic mass is 31.2. The van der Waals surface area contributed by atoms with Crippen molar-refractivity contribution < 1.29 is 23.1 Å². The fraction of sp³-hybridized carbons (Fsp3) is 0.667. The monoisotopic (exact) mass is 371 g/mol. The van der Waals surface area contributed by atoms with E-state index in [1.807, 2.05) is 44.2 Å². The van der Waals surface area contributed by atoms with Crippen molar-refractivity contribution in [3.05, 3.63) is 35.9 Å². The van der Waals surface area contributed by atoms with Crippen LogP contribution in [0.5, 0.6) is 0 Å². The van der Waals surface area contributed by atoms with E-state index in [4.69, 9.17) is 18.5 Å². The van der Waals surface area contributed by atoms with Crippen LogP contribution in [0.1, 0.15) is 19.4 Å². The lowest BCUT2D eigenvalue weighted by Crippen LogP contribution is -2.42. The maximum atomic E-state index is 12.9. The summed E-state index contributed by atoms with van der Waals surface area (Å²) in [4.78, 5) is 2.28. The third-order valence-electron chi connectivity index (χ3n) is 3.97. The molecule has 0 aliphatic carbocycles. The van der Waals surface area contributed by atoms with Crippen molar-refractivity contribution in [2.75, 3.05) is 52.2 Å². The van der Waals surface area contributed by atoms with Gasteiger partial charge in [-0.05, 0) is 19.4 Å². The van der Waals surface area contributed by atoms with Crippen LogP contribution in [0.25, 0.3) is 0 Å². The topological polar surface area (TPSA) is 57.2 Å². The molecule has 2 rings (SSSR count). The smallest absolute Gasteiger partial charge is 0.333 e. The molecule has 1 heterocycles. The average molecular weight is 371 g/mol. The summed E-state index contributed by atoms with van der Waals surface area (Å²) in [6, 6.07) is 10.0. The van der Waals surface area contributed by atoms with Crippen LogP contribution in [-0.2, 0) is 29.7 Å². The van der Waals surface area contributed by atoms with E-state index in [2.05, 4.69) is 4.90 Å². The van der Waals surface area contributed by atoms with Crippen molar-refractivity contribution in [3.63, 3.8) is 0 Å². The molecule has 1 unspecified atom stereocenters. The Morgan fingerprint density at radius 2 is 1.76 bits per heavy atom. The van der Waals surface area contributed by atoms with E-state index in [-0.39, 0.29) is 12.3 Å². The molecule has 0 aromatic heterocycles. The second-order valence-electron chi connectivity index (χ2n) is 5.96. The maximum absolute atomic E-state index is 12.9. The van der Waals surface area contributed by atoms with Crippen LogP contribution in [0.3, 0.4) is 0 Å². The molecule has 142 valence electrons. The zero-order valence-corrected chi connectivity index (χ0v) is 16.2. The quantitative estimate of drug-likeness (QED) is 0.557. The first-order valence-corrected chi connectivity index (χ1v) is 10.7. The molecule has 0 N–H and O–H groups in total. The van der Waals surface area contributed by atoms with E-state index < -0.39 is 7.60 Å². The SMILES string of the molecule is CCOP(=O)(CC(CN1CCOCC1)OCc1ccccc1)OCC.